The highest BCUT2D eigenvalue weighted by molar-refractivity contribution is 5.78. The van der Waals surface area contributed by atoms with Gasteiger partial charge in [0.15, 0.2) is 0 Å². The first-order valence-corrected chi connectivity index (χ1v) is 6.40. The fourth-order valence-corrected chi connectivity index (χ4v) is 1.84. The van der Waals surface area contributed by atoms with Crippen molar-refractivity contribution >= 4 is 12.4 Å². The average Bonchev–Trinajstić information content (AvgIpc) is 2.33. The van der Waals surface area contributed by atoms with Gasteiger partial charge in [0.25, 0.3) is 0 Å². The predicted molar refractivity (Wildman–Crippen MR) is 74.3 cm³/mol. The molecule has 0 heterocycles. The van der Waals surface area contributed by atoms with Crippen LogP contribution >= 0.6 is 0 Å². The van der Waals surface area contributed by atoms with Gasteiger partial charge in [0.2, 0.25) is 0 Å². The molecular weight excluding hydrogens is 242 g/mol. The second kappa shape index (κ2) is 6.36. The maximum atomic E-state index is 11.6. The maximum absolute atomic E-state index is 11.6. The molecule has 104 valence electrons. The molecule has 0 aliphatic heterocycles. The highest BCUT2D eigenvalue weighted by atomic mass is 16.6. The zero-order valence-electron chi connectivity index (χ0n) is 11.9. The number of ether oxygens (including phenoxy) is 1. The molecule has 0 unspecified atom stereocenters. The summed E-state index contributed by atoms with van der Waals surface area (Å²) < 4.78 is 5.17. The van der Waals surface area contributed by atoms with E-state index in [1.165, 1.54) is 0 Å². The summed E-state index contributed by atoms with van der Waals surface area (Å²) in [5.41, 5.74) is 2.07. The maximum Gasteiger partial charge on any atom is 0.407 e. The first kappa shape index (κ1) is 15.2. The lowest BCUT2D eigenvalue weighted by molar-refractivity contribution is 0.0523. The van der Waals surface area contributed by atoms with Crippen molar-refractivity contribution in [1.29, 1.82) is 0 Å². The van der Waals surface area contributed by atoms with Crippen LogP contribution in [-0.2, 0) is 17.7 Å². The summed E-state index contributed by atoms with van der Waals surface area (Å²) in [6.45, 7) is 7.80. The zero-order chi connectivity index (χ0) is 14.5. The number of aldehydes is 1. The van der Waals surface area contributed by atoms with Crippen LogP contribution in [0, 0.1) is 0 Å². The number of hydrogen-bond donors (Lipinski definition) is 1. The van der Waals surface area contributed by atoms with Crippen molar-refractivity contribution in [2.75, 3.05) is 0 Å². The van der Waals surface area contributed by atoms with E-state index in [1.807, 2.05) is 39.8 Å². The Kier molecular flexibility index (Phi) is 5.10. The van der Waals surface area contributed by atoms with E-state index in [9.17, 15) is 9.59 Å². The van der Waals surface area contributed by atoms with Gasteiger partial charge in [-0.15, -0.1) is 0 Å². The quantitative estimate of drug-likeness (QED) is 0.849. The molecule has 1 amide bonds. The Morgan fingerprint density at radius 2 is 2.05 bits per heavy atom. The van der Waals surface area contributed by atoms with Crippen LogP contribution in [0.1, 0.15) is 49.2 Å². The molecule has 1 aromatic rings. The molecule has 0 aliphatic carbocycles. The minimum atomic E-state index is -0.512. The summed E-state index contributed by atoms with van der Waals surface area (Å²) in [5.74, 6) is 0. The van der Waals surface area contributed by atoms with Gasteiger partial charge in [0.1, 0.15) is 11.9 Å². The summed E-state index contributed by atoms with van der Waals surface area (Å²) in [7, 11) is 0. The molecule has 0 bridgehead atoms. The fraction of sp³-hybridized carbons (Fsp3) is 0.467. The van der Waals surface area contributed by atoms with Gasteiger partial charge in [-0.2, -0.15) is 0 Å². The van der Waals surface area contributed by atoms with E-state index >= 15 is 0 Å². The van der Waals surface area contributed by atoms with E-state index in [0.29, 0.717) is 12.1 Å². The SMILES string of the molecule is CCc1c(C=O)cccc1CNC(=O)OC(C)(C)C. The third-order valence-corrected chi connectivity index (χ3v) is 2.61. The molecule has 0 radical (unpaired) electrons. The predicted octanol–water partition coefficient (Wildman–Crippen LogP) is 3.09. The first-order valence-electron chi connectivity index (χ1n) is 6.40. The number of hydrogen-bond acceptors (Lipinski definition) is 3. The Morgan fingerprint density at radius 3 is 2.58 bits per heavy atom. The van der Waals surface area contributed by atoms with Crippen molar-refractivity contribution in [3.8, 4) is 0 Å². The van der Waals surface area contributed by atoms with Crippen LogP contribution in [0.3, 0.4) is 0 Å². The van der Waals surface area contributed by atoms with E-state index in [1.54, 1.807) is 6.07 Å². The molecule has 4 nitrogen and oxygen atoms in total. The molecule has 0 fully saturated rings. The van der Waals surface area contributed by atoms with E-state index in [0.717, 1.165) is 23.8 Å². The molecule has 0 saturated carbocycles. The van der Waals surface area contributed by atoms with E-state index in [-0.39, 0.29) is 0 Å². The second-order valence-electron chi connectivity index (χ2n) is 5.31. The molecule has 4 heteroatoms. The van der Waals surface area contributed by atoms with Crippen LogP contribution in [0.4, 0.5) is 4.79 Å². The average molecular weight is 263 g/mol. The van der Waals surface area contributed by atoms with Gasteiger partial charge in [0, 0.05) is 12.1 Å². The van der Waals surface area contributed by atoms with Gasteiger partial charge < -0.3 is 10.1 Å². The topological polar surface area (TPSA) is 55.4 Å². The molecule has 1 rings (SSSR count). The number of carbonyl (C=O) groups excluding carboxylic acids is 2. The molecular formula is C15H21NO3. The van der Waals surface area contributed by atoms with Gasteiger partial charge in [-0.1, -0.05) is 25.1 Å². The fourth-order valence-electron chi connectivity index (χ4n) is 1.84. The molecule has 1 N–H and O–H groups in total. The Hall–Kier alpha value is -1.84. The normalized spacial score (nSPS) is 10.9. The zero-order valence-corrected chi connectivity index (χ0v) is 11.9. The second-order valence-corrected chi connectivity index (χ2v) is 5.31. The van der Waals surface area contributed by atoms with Gasteiger partial charge in [-0.3, -0.25) is 4.79 Å². The van der Waals surface area contributed by atoms with Gasteiger partial charge in [0.05, 0.1) is 0 Å². The van der Waals surface area contributed by atoms with Crippen molar-refractivity contribution in [2.45, 2.75) is 46.3 Å². The van der Waals surface area contributed by atoms with Crippen LogP contribution in [0.25, 0.3) is 0 Å². The van der Waals surface area contributed by atoms with Crippen LogP contribution < -0.4 is 5.32 Å². The highest BCUT2D eigenvalue weighted by Crippen LogP contribution is 2.14. The summed E-state index contributed by atoms with van der Waals surface area (Å²) in [6, 6.07) is 5.50. The number of benzene rings is 1. The van der Waals surface area contributed by atoms with Crippen molar-refractivity contribution in [3.05, 3.63) is 34.9 Å². The summed E-state index contributed by atoms with van der Waals surface area (Å²) in [6.07, 6.45) is 1.14. The third kappa shape index (κ3) is 4.73. The molecule has 0 aromatic heterocycles. The van der Waals surface area contributed by atoms with E-state index in [2.05, 4.69) is 5.32 Å². The van der Waals surface area contributed by atoms with E-state index in [4.69, 9.17) is 4.74 Å². The Balaban J connectivity index is 2.73. The van der Waals surface area contributed by atoms with Crippen molar-refractivity contribution in [3.63, 3.8) is 0 Å². The number of nitrogens with one attached hydrogen (secondary N) is 1. The Labute approximate surface area is 114 Å². The molecule has 0 saturated heterocycles. The minimum absolute atomic E-state index is 0.361. The minimum Gasteiger partial charge on any atom is -0.444 e. The first-order chi connectivity index (χ1) is 8.87. The van der Waals surface area contributed by atoms with Crippen molar-refractivity contribution in [1.82, 2.24) is 5.32 Å². The molecule has 0 atom stereocenters. The van der Waals surface area contributed by atoms with E-state index < -0.39 is 11.7 Å². The molecule has 0 aliphatic rings. The van der Waals surface area contributed by atoms with Gasteiger partial charge >= 0.3 is 6.09 Å². The van der Waals surface area contributed by atoms with Crippen LogP contribution in [0.2, 0.25) is 0 Å². The lowest BCUT2D eigenvalue weighted by Gasteiger charge is -2.20. The van der Waals surface area contributed by atoms with Gasteiger partial charge in [-0.25, -0.2) is 4.79 Å². The number of carbonyl (C=O) groups is 2. The number of amides is 1. The number of rotatable bonds is 4. The molecule has 19 heavy (non-hydrogen) atoms. The lowest BCUT2D eigenvalue weighted by atomic mass is 9.99. The molecule has 1 aromatic carbocycles. The Bertz CT molecular complexity index is 461. The standard InChI is InChI=1S/C15H21NO3/c1-5-13-11(7-6-8-12(13)10-17)9-16-14(18)19-15(2,3)4/h6-8,10H,5,9H2,1-4H3,(H,16,18). The largest absolute Gasteiger partial charge is 0.444 e. The van der Waals surface area contributed by atoms with Crippen LogP contribution in [-0.4, -0.2) is 18.0 Å². The lowest BCUT2D eigenvalue weighted by Crippen LogP contribution is -2.32. The van der Waals surface area contributed by atoms with Crippen molar-refractivity contribution in [2.24, 2.45) is 0 Å². The molecule has 0 spiro atoms. The summed E-state index contributed by atoms with van der Waals surface area (Å²) in [5, 5.41) is 2.70. The van der Waals surface area contributed by atoms with Crippen LogP contribution in [0.15, 0.2) is 18.2 Å². The Morgan fingerprint density at radius 1 is 1.37 bits per heavy atom. The number of alkyl carbamates (subject to hydrolysis) is 1. The van der Waals surface area contributed by atoms with Crippen LogP contribution in [0.5, 0.6) is 0 Å². The van der Waals surface area contributed by atoms with Gasteiger partial charge in [-0.05, 0) is 38.3 Å². The van der Waals surface area contributed by atoms with Crippen molar-refractivity contribution < 1.29 is 14.3 Å². The summed E-state index contributed by atoms with van der Waals surface area (Å²) in [4.78, 5) is 22.5. The monoisotopic (exact) mass is 263 g/mol. The smallest absolute Gasteiger partial charge is 0.407 e. The third-order valence-electron chi connectivity index (χ3n) is 2.61. The highest BCUT2D eigenvalue weighted by Gasteiger charge is 2.16. The summed E-state index contributed by atoms with van der Waals surface area (Å²) >= 11 is 0.